The van der Waals surface area contributed by atoms with E-state index in [1.807, 2.05) is 22.6 Å². The van der Waals surface area contributed by atoms with Gasteiger partial charge in [0.15, 0.2) is 0 Å². The van der Waals surface area contributed by atoms with Gasteiger partial charge in [-0.1, -0.05) is 0 Å². The van der Waals surface area contributed by atoms with Crippen LogP contribution in [0.15, 0.2) is 18.2 Å². The number of nitrogens with zero attached hydrogens (tertiary/aromatic N) is 1. The monoisotopic (exact) mass is 279 g/mol. The van der Waals surface area contributed by atoms with Gasteiger partial charge in [-0.2, -0.15) is 0 Å². The summed E-state index contributed by atoms with van der Waals surface area (Å²) in [4.78, 5) is 9.97. The van der Waals surface area contributed by atoms with Crippen molar-refractivity contribution in [1.82, 2.24) is 0 Å². The number of nitro benzene ring substituents is 1. The number of rotatable bonds is 2. The summed E-state index contributed by atoms with van der Waals surface area (Å²) in [6.07, 6.45) is 0. The quantitative estimate of drug-likeness (QED) is 0.474. The van der Waals surface area contributed by atoms with Gasteiger partial charge in [0, 0.05) is 12.1 Å². The molecule has 5 heteroatoms. The van der Waals surface area contributed by atoms with E-state index < -0.39 is 4.92 Å². The van der Waals surface area contributed by atoms with Crippen LogP contribution in [0.4, 0.5) is 5.69 Å². The lowest BCUT2D eigenvalue weighted by Gasteiger charge is -1.99. The molecule has 0 spiro atoms. The molecule has 1 aromatic carbocycles. The second-order valence-corrected chi connectivity index (χ2v) is 3.24. The third kappa shape index (κ3) is 1.84. The zero-order valence-corrected chi connectivity index (χ0v) is 8.44. The van der Waals surface area contributed by atoms with E-state index in [0.29, 0.717) is 9.32 Å². The summed E-state index contributed by atoms with van der Waals surface area (Å²) >= 11 is 1.90. The number of hydrogen-bond acceptors (Lipinski definition) is 3. The van der Waals surface area contributed by atoms with Crippen molar-refractivity contribution in [2.75, 3.05) is 7.11 Å². The van der Waals surface area contributed by atoms with E-state index >= 15 is 0 Å². The van der Waals surface area contributed by atoms with Gasteiger partial charge in [-0.05, 0) is 28.7 Å². The van der Waals surface area contributed by atoms with E-state index in [4.69, 9.17) is 4.74 Å². The van der Waals surface area contributed by atoms with E-state index in [0.717, 1.165) is 0 Å². The Labute approximate surface area is 82.8 Å². The molecule has 12 heavy (non-hydrogen) atoms. The molecule has 0 aliphatic rings. The molecular formula is C7H6INO3. The van der Waals surface area contributed by atoms with Gasteiger partial charge in [0.05, 0.1) is 15.6 Å². The fraction of sp³-hybridized carbons (Fsp3) is 0.143. The van der Waals surface area contributed by atoms with E-state index in [9.17, 15) is 10.1 Å². The van der Waals surface area contributed by atoms with Gasteiger partial charge in [-0.25, -0.2) is 0 Å². The summed E-state index contributed by atoms with van der Waals surface area (Å²) in [5, 5.41) is 10.4. The van der Waals surface area contributed by atoms with Crippen LogP contribution in [0.2, 0.25) is 0 Å². The molecule has 0 amide bonds. The van der Waals surface area contributed by atoms with E-state index in [-0.39, 0.29) is 5.69 Å². The zero-order chi connectivity index (χ0) is 9.14. The van der Waals surface area contributed by atoms with Crippen molar-refractivity contribution in [3.63, 3.8) is 0 Å². The predicted octanol–water partition coefficient (Wildman–Crippen LogP) is 2.21. The molecule has 1 aromatic rings. The van der Waals surface area contributed by atoms with Crippen LogP contribution in [-0.4, -0.2) is 12.0 Å². The predicted molar refractivity (Wildman–Crippen MR) is 52.4 cm³/mol. The van der Waals surface area contributed by atoms with Crippen LogP contribution in [0.5, 0.6) is 5.75 Å². The lowest BCUT2D eigenvalue weighted by atomic mass is 10.3. The maximum atomic E-state index is 10.4. The fourth-order valence-electron chi connectivity index (χ4n) is 0.763. The number of nitro groups is 1. The smallest absolute Gasteiger partial charge is 0.282 e. The normalized spacial score (nSPS) is 9.50. The van der Waals surface area contributed by atoms with Gasteiger partial charge in [-0.15, -0.1) is 0 Å². The van der Waals surface area contributed by atoms with Gasteiger partial charge >= 0.3 is 0 Å². The van der Waals surface area contributed by atoms with Gasteiger partial charge < -0.3 is 4.74 Å². The molecule has 0 heterocycles. The second-order valence-electron chi connectivity index (χ2n) is 2.07. The lowest BCUT2D eigenvalue weighted by molar-refractivity contribution is -0.385. The SMILES string of the molecule is COc1ccc([N+](=O)[O-])c(I)c1. The maximum absolute atomic E-state index is 10.4. The first kappa shape index (κ1) is 9.24. The van der Waals surface area contributed by atoms with Crippen LogP contribution in [0.3, 0.4) is 0 Å². The highest BCUT2D eigenvalue weighted by Crippen LogP contribution is 2.24. The van der Waals surface area contributed by atoms with Crippen molar-refractivity contribution in [2.45, 2.75) is 0 Å². The summed E-state index contributed by atoms with van der Waals surface area (Å²) in [5.41, 5.74) is 0.108. The van der Waals surface area contributed by atoms with Crippen molar-refractivity contribution in [2.24, 2.45) is 0 Å². The van der Waals surface area contributed by atoms with E-state index in [2.05, 4.69) is 0 Å². The molecule has 0 aliphatic heterocycles. The van der Waals surface area contributed by atoms with Gasteiger partial charge in [0.2, 0.25) is 0 Å². The van der Waals surface area contributed by atoms with E-state index in [1.165, 1.54) is 13.2 Å². The number of hydrogen-bond donors (Lipinski definition) is 0. The first-order chi connectivity index (χ1) is 5.65. The minimum Gasteiger partial charge on any atom is -0.497 e. The highest BCUT2D eigenvalue weighted by molar-refractivity contribution is 14.1. The average Bonchev–Trinajstić information content (AvgIpc) is 2.03. The largest absolute Gasteiger partial charge is 0.497 e. The summed E-state index contributed by atoms with van der Waals surface area (Å²) in [6, 6.07) is 4.62. The first-order valence-electron chi connectivity index (χ1n) is 3.13. The third-order valence-electron chi connectivity index (χ3n) is 1.35. The topological polar surface area (TPSA) is 52.4 Å². The van der Waals surface area contributed by atoms with Gasteiger partial charge in [0.1, 0.15) is 5.75 Å². The molecule has 0 saturated heterocycles. The van der Waals surface area contributed by atoms with Crippen LogP contribution < -0.4 is 4.74 Å². The molecule has 0 aliphatic carbocycles. The number of methoxy groups -OCH3 is 1. The van der Waals surface area contributed by atoms with E-state index in [1.54, 1.807) is 12.1 Å². The molecule has 0 N–H and O–H groups in total. The highest BCUT2D eigenvalue weighted by Gasteiger charge is 2.11. The Balaban J connectivity index is 3.12. The molecular weight excluding hydrogens is 273 g/mol. The van der Waals surface area contributed by atoms with Crippen molar-refractivity contribution < 1.29 is 9.66 Å². The average molecular weight is 279 g/mol. The molecule has 1 rings (SSSR count). The van der Waals surface area contributed by atoms with Gasteiger partial charge in [0.25, 0.3) is 5.69 Å². The Morgan fingerprint density at radius 1 is 1.58 bits per heavy atom. The molecule has 64 valence electrons. The Morgan fingerprint density at radius 3 is 2.67 bits per heavy atom. The van der Waals surface area contributed by atoms with Crippen LogP contribution >= 0.6 is 22.6 Å². The molecule has 0 fully saturated rings. The minimum atomic E-state index is -0.415. The van der Waals surface area contributed by atoms with Crippen LogP contribution in [0.1, 0.15) is 0 Å². The second kappa shape index (κ2) is 3.70. The number of ether oxygens (including phenoxy) is 1. The van der Waals surface area contributed by atoms with Crippen molar-refractivity contribution in [3.8, 4) is 5.75 Å². The molecule has 0 unspecified atom stereocenters. The maximum Gasteiger partial charge on any atom is 0.282 e. The summed E-state index contributed by atoms with van der Waals surface area (Å²) in [5.74, 6) is 0.630. The molecule has 0 aromatic heterocycles. The summed E-state index contributed by atoms with van der Waals surface area (Å²) in [6.45, 7) is 0. The zero-order valence-electron chi connectivity index (χ0n) is 6.28. The summed E-state index contributed by atoms with van der Waals surface area (Å²) < 4.78 is 5.48. The number of benzene rings is 1. The Morgan fingerprint density at radius 2 is 2.25 bits per heavy atom. The highest BCUT2D eigenvalue weighted by atomic mass is 127. The van der Waals surface area contributed by atoms with Crippen molar-refractivity contribution in [1.29, 1.82) is 0 Å². The van der Waals surface area contributed by atoms with Crippen LogP contribution in [0, 0.1) is 13.7 Å². The molecule has 0 bridgehead atoms. The molecule has 0 atom stereocenters. The Bertz CT molecular complexity index is 314. The first-order valence-corrected chi connectivity index (χ1v) is 4.21. The third-order valence-corrected chi connectivity index (χ3v) is 2.22. The Kier molecular flexibility index (Phi) is 2.85. The van der Waals surface area contributed by atoms with Gasteiger partial charge in [-0.3, -0.25) is 10.1 Å². The fourth-order valence-corrected chi connectivity index (χ4v) is 1.45. The standard InChI is InChI=1S/C7H6INO3/c1-12-5-2-3-7(9(10)11)6(8)4-5/h2-4H,1H3. The molecule has 0 saturated carbocycles. The Hall–Kier alpha value is -0.850. The van der Waals surface area contributed by atoms with Crippen LogP contribution in [-0.2, 0) is 0 Å². The lowest BCUT2D eigenvalue weighted by Crippen LogP contribution is -1.92. The number of halogens is 1. The van der Waals surface area contributed by atoms with Crippen molar-refractivity contribution >= 4 is 28.3 Å². The van der Waals surface area contributed by atoms with Crippen molar-refractivity contribution in [3.05, 3.63) is 31.9 Å². The summed E-state index contributed by atoms with van der Waals surface area (Å²) in [7, 11) is 1.53. The molecule has 0 radical (unpaired) electrons. The minimum absolute atomic E-state index is 0.108. The van der Waals surface area contributed by atoms with Crippen LogP contribution in [0.25, 0.3) is 0 Å². The molecule has 4 nitrogen and oxygen atoms in total.